The first-order valence-electron chi connectivity index (χ1n) is 7.11. The van der Waals surface area contributed by atoms with Crippen molar-refractivity contribution in [1.29, 1.82) is 0 Å². The molecule has 0 aliphatic rings. The Bertz CT molecular complexity index is 724. The van der Waals surface area contributed by atoms with Crippen LogP contribution in [-0.2, 0) is 0 Å². The van der Waals surface area contributed by atoms with E-state index >= 15 is 0 Å². The molecular weight excluding hydrogens is 284 g/mol. The normalized spacial score (nSPS) is 12.7. The van der Waals surface area contributed by atoms with Gasteiger partial charge in [-0.15, -0.1) is 0 Å². The number of halogens is 1. The minimum Gasteiger partial charge on any atom is -0.457 e. The second kappa shape index (κ2) is 6.29. The molecule has 0 radical (unpaired) electrons. The third-order valence-electron chi connectivity index (χ3n) is 3.44. The lowest BCUT2D eigenvalue weighted by Gasteiger charge is -2.16. The van der Waals surface area contributed by atoms with Crippen molar-refractivity contribution in [2.75, 3.05) is 6.54 Å². The summed E-state index contributed by atoms with van der Waals surface area (Å²) in [5.41, 5.74) is 1.88. The maximum Gasteiger partial charge on any atom is 0.152 e. The van der Waals surface area contributed by atoms with E-state index in [0.717, 1.165) is 35.3 Å². The van der Waals surface area contributed by atoms with Crippen molar-refractivity contribution in [2.24, 2.45) is 0 Å². The Hall–Kier alpha value is -1.84. The molecule has 0 bridgehead atoms. The number of hydrogen-bond acceptors (Lipinski definition) is 3. The topological polar surface area (TPSA) is 38.1 Å². The highest BCUT2D eigenvalue weighted by molar-refractivity contribution is 6.34. The minimum atomic E-state index is 0.0106. The van der Waals surface area contributed by atoms with Gasteiger partial charge >= 0.3 is 0 Å². The van der Waals surface area contributed by atoms with E-state index in [1.807, 2.05) is 30.3 Å². The lowest BCUT2D eigenvalue weighted by atomic mass is 10.1. The summed E-state index contributed by atoms with van der Waals surface area (Å²) in [4.78, 5) is 4.08. The lowest BCUT2D eigenvalue weighted by Crippen LogP contribution is -2.22. The third kappa shape index (κ3) is 2.94. The Kier molecular flexibility index (Phi) is 4.23. The van der Waals surface area contributed by atoms with Gasteiger partial charge in [0.05, 0.1) is 11.1 Å². The largest absolute Gasteiger partial charge is 0.457 e. The van der Waals surface area contributed by atoms with E-state index in [9.17, 15) is 0 Å². The number of rotatable bonds is 5. The van der Waals surface area contributed by atoms with E-state index in [1.165, 1.54) is 0 Å². The summed E-state index contributed by atoms with van der Waals surface area (Å²) in [5, 5.41) is 5.18. The maximum atomic E-state index is 6.20. The fourth-order valence-electron chi connectivity index (χ4n) is 2.42. The average Bonchev–Trinajstić information content (AvgIpc) is 2.94. The van der Waals surface area contributed by atoms with Crippen LogP contribution in [-0.4, -0.2) is 11.5 Å². The second-order valence-corrected chi connectivity index (χ2v) is 5.38. The van der Waals surface area contributed by atoms with Crippen LogP contribution in [0.4, 0.5) is 0 Å². The Morgan fingerprint density at radius 3 is 2.76 bits per heavy atom. The number of aromatic nitrogens is 1. The third-order valence-corrected chi connectivity index (χ3v) is 3.74. The molecule has 0 amide bonds. The van der Waals surface area contributed by atoms with Crippen LogP contribution in [0, 0.1) is 0 Å². The molecule has 4 heteroatoms. The van der Waals surface area contributed by atoms with Crippen LogP contribution in [0.5, 0.6) is 0 Å². The molecule has 0 saturated carbocycles. The average molecular weight is 301 g/mol. The first-order chi connectivity index (χ1) is 10.3. The fraction of sp³-hybridized carbons (Fsp3) is 0.235. The summed E-state index contributed by atoms with van der Waals surface area (Å²) >= 11 is 6.20. The molecule has 0 spiro atoms. The zero-order valence-corrected chi connectivity index (χ0v) is 12.6. The quantitative estimate of drug-likeness (QED) is 0.750. The number of para-hydroxylation sites is 1. The summed E-state index contributed by atoms with van der Waals surface area (Å²) in [6.45, 7) is 3.06. The first-order valence-corrected chi connectivity index (χ1v) is 7.48. The van der Waals surface area contributed by atoms with Crippen LogP contribution in [0.25, 0.3) is 11.0 Å². The fourth-order valence-corrected chi connectivity index (χ4v) is 2.64. The van der Waals surface area contributed by atoms with Crippen molar-refractivity contribution in [3.63, 3.8) is 0 Å². The molecule has 1 atom stereocenters. The summed E-state index contributed by atoms with van der Waals surface area (Å²) in [7, 11) is 0. The highest BCUT2D eigenvalue weighted by Gasteiger charge is 2.18. The van der Waals surface area contributed by atoms with Gasteiger partial charge in [0.1, 0.15) is 5.76 Å². The molecule has 1 aromatic carbocycles. The zero-order valence-electron chi connectivity index (χ0n) is 11.8. The monoisotopic (exact) mass is 300 g/mol. The number of nitrogens with zero attached hydrogens (tertiary/aromatic N) is 1. The van der Waals surface area contributed by atoms with Gasteiger partial charge in [0.2, 0.25) is 0 Å². The molecule has 0 saturated heterocycles. The van der Waals surface area contributed by atoms with Gasteiger partial charge in [0.15, 0.2) is 5.58 Å². The van der Waals surface area contributed by atoms with E-state index in [0.29, 0.717) is 5.02 Å². The van der Waals surface area contributed by atoms with Crippen LogP contribution < -0.4 is 5.32 Å². The summed E-state index contributed by atoms with van der Waals surface area (Å²) in [6.07, 6.45) is 4.65. The molecule has 108 valence electrons. The number of furan rings is 1. The molecule has 3 rings (SSSR count). The summed E-state index contributed by atoms with van der Waals surface area (Å²) in [6, 6.07) is 11.9. The molecule has 1 unspecified atom stereocenters. The van der Waals surface area contributed by atoms with E-state index in [-0.39, 0.29) is 6.04 Å². The minimum absolute atomic E-state index is 0.0106. The summed E-state index contributed by atoms with van der Waals surface area (Å²) < 4.78 is 6.00. The van der Waals surface area contributed by atoms with E-state index in [1.54, 1.807) is 12.4 Å². The smallest absolute Gasteiger partial charge is 0.152 e. The lowest BCUT2D eigenvalue weighted by molar-refractivity contribution is 0.469. The van der Waals surface area contributed by atoms with Gasteiger partial charge in [-0.2, -0.15) is 0 Å². The van der Waals surface area contributed by atoms with Gasteiger partial charge in [-0.1, -0.05) is 30.7 Å². The van der Waals surface area contributed by atoms with Crippen LogP contribution in [0.3, 0.4) is 0 Å². The van der Waals surface area contributed by atoms with Crippen LogP contribution in [0.2, 0.25) is 5.02 Å². The Morgan fingerprint density at radius 1 is 1.24 bits per heavy atom. The van der Waals surface area contributed by atoms with Gasteiger partial charge in [0.25, 0.3) is 0 Å². The van der Waals surface area contributed by atoms with E-state index in [4.69, 9.17) is 16.0 Å². The number of nitrogens with one attached hydrogen (secondary N) is 1. The number of fused-ring (bicyclic) bond motifs is 1. The predicted octanol–water partition coefficient (Wildman–Crippen LogP) is 4.57. The zero-order chi connectivity index (χ0) is 14.7. The van der Waals surface area contributed by atoms with Gasteiger partial charge in [-0.25, -0.2) is 0 Å². The van der Waals surface area contributed by atoms with Crippen molar-refractivity contribution >= 4 is 22.6 Å². The molecular formula is C17H17ClN2O. The van der Waals surface area contributed by atoms with E-state index < -0.39 is 0 Å². The molecule has 2 aromatic heterocycles. The van der Waals surface area contributed by atoms with Crippen molar-refractivity contribution in [3.05, 3.63) is 65.1 Å². The SMILES string of the molecule is CCCNC(c1ccncc1)c1cc2cccc(Cl)c2o1. The molecule has 0 aliphatic carbocycles. The molecule has 2 heterocycles. The predicted molar refractivity (Wildman–Crippen MR) is 85.6 cm³/mol. The molecule has 1 N–H and O–H groups in total. The van der Waals surface area contributed by atoms with Crippen LogP contribution in [0.1, 0.15) is 30.7 Å². The van der Waals surface area contributed by atoms with Crippen LogP contribution in [0.15, 0.2) is 53.2 Å². The van der Waals surface area contributed by atoms with Gasteiger partial charge in [-0.05, 0) is 42.8 Å². The van der Waals surface area contributed by atoms with E-state index in [2.05, 4.69) is 23.3 Å². The van der Waals surface area contributed by atoms with Gasteiger partial charge < -0.3 is 9.73 Å². The van der Waals surface area contributed by atoms with Crippen molar-refractivity contribution in [1.82, 2.24) is 10.3 Å². The highest BCUT2D eigenvalue weighted by Crippen LogP contribution is 2.31. The Morgan fingerprint density at radius 2 is 2.05 bits per heavy atom. The van der Waals surface area contributed by atoms with Crippen molar-refractivity contribution < 1.29 is 4.42 Å². The standard InChI is InChI=1S/C17H17ClN2O/c1-2-8-20-16(12-6-9-19-10-7-12)15-11-13-4-3-5-14(18)17(13)21-15/h3-7,9-11,16,20H,2,8H2,1H3. The molecule has 0 aliphatic heterocycles. The number of benzene rings is 1. The maximum absolute atomic E-state index is 6.20. The van der Waals surface area contributed by atoms with Gasteiger partial charge in [-0.3, -0.25) is 4.98 Å². The first kappa shape index (κ1) is 14.1. The molecule has 0 fully saturated rings. The molecule has 3 nitrogen and oxygen atoms in total. The van der Waals surface area contributed by atoms with Crippen molar-refractivity contribution in [3.8, 4) is 0 Å². The second-order valence-electron chi connectivity index (χ2n) is 4.97. The number of hydrogen-bond donors (Lipinski definition) is 1. The Labute approximate surface area is 128 Å². The Balaban J connectivity index is 2.03. The molecule has 3 aromatic rings. The van der Waals surface area contributed by atoms with Gasteiger partial charge in [0, 0.05) is 17.8 Å². The van der Waals surface area contributed by atoms with Crippen molar-refractivity contribution in [2.45, 2.75) is 19.4 Å². The summed E-state index contributed by atoms with van der Waals surface area (Å²) in [5.74, 6) is 0.873. The molecule has 21 heavy (non-hydrogen) atoms. The van der Waals surface area contributed by atoms with Crippen LogP contribution >= 0.6 is 11.6 Å². The highest BCUT2D eigenvalue weighted by atomic mass is 35.5. The number of pyridine rings is 1.